The van der Waals surface area contributed by atoms with E-state index in [1.165, 1.54) is 23.3 Å². The topological polar surface area (TPSA) is 58.4 Å². The number of carbonyl (C=O) groups excluding carboxylic acids is 2. The normalized spacial score (nSPS) is 15.2. The standard InChI is InChI=1S/C27H31FN4O2/c1-20-8-3-4-9-22(20)18-25(30(2)26(33)19-32-15-7-14-29-32)21-12-16-31(17-13-21)27(34)23-10-5-6-11-24(23)28/h3-11,14-15,21,25H,12-13,16-19H2,1-2H3. The van der Waals surface area contributed by atoms with Gasteiger partial charge in [-0.25, -0.2) is 4.39 Å². The van der Waals surface area contributed by atoms with Crippen molar-refractivity contribution in [3.8, 4) is 0 Å². The van der Waals surface area contributed by atoms with E-state index in [0.717, 1.165) is 19.3 Å². The SMILES string of the molecule is Cc1ccccc1CC(C1CCN(C(=O)c2ccccc2F)CC1)N(C)C(=O)Cn1cccn1. The van der Waals surface area contributed by atoms with Gasteiger partial charge in [-0.1, -0.05) is 36.4 Å². The molecule has 1 fully saturated rings. The van der Waals surface area contributed by atoms with Gasteiger partial charge in [-0.2, -0.15) is 5.10 Å². The monoisotopic (exact) mass is 462 g/mol. The van der Waals surface area contributed by atoms with Crippen molar-refractivity contribution in [1.82, 2.24) is 19.6 Å². The van der Waals surface area contributed by atoms with Crippen LogP contribution >= 0.6 is 0 Å². The molecule has 6 nitrogen and oxygen atoms in total. The predicted molar refractivity (Wildman–Crippen MR) is 129 cm³/mol. The molecule has 1 saturated heterocycles. The van der Waals surface area contributed by atoms with Crippen LogP contribution in [0.2, 0.25) is 0 Å². The largest absolute Gasteiger partial charge is 0.341 e. The molecule has 2 aromatic carbocycles. The van der Waals surface area contributed by atoms with Crippen molar-refractivity contribution in [2.45, 2.75) is 38.8 Å². The molecule has 34 heavy (non-hydrogen) atoms. The maximum atomic E-state index is 14.1. The first-order chi connectivity index (χ1) is 16.4. The third kappa shape index (κ3) is 5.35. The highest BCUT2D eigenvalue weighted by atomic mass is 19.1. The molecule has 3 aromatic rings. The summed E-state index contributed by atoms with van der Waals surface area (Å²) in [6.45, 7) is 3.37. The van der Waals surface area contributed by atoms with Crippen molar-refractivity contribution in [3.05, 3.63) is 89.5 Å². The second kappa shape index (κ2) is 10.6. The van der Waals surface area contributed by atoms with Crippen molar-refractivity contribution in [1.29, 1.82) is 0 Å². The fraction of sp³-hybridized carbons (Fsp3) is 0.370. The minimum atomic E-state index is -0.490. The summed E-state index contributed by atoms with van der Waals surface area (Å²) in [4.78, 5) is 29.6. The van der Waals surface area contributed by atoms with Crippen LogP contribution in [0.1, 0.15) is 34.3 Å². The smallest absolute Gasteiger partial charge is 0.256 e. The Bertz CT molecular complexity index is 1120. The van der Waals surface area contributed by atoms with E-state index in [1.807, 2.05) is 24.1 Å². The number of aryl methyl sites for hydroxylation is 1. The number of benzene rings is 2. The van der Waals surface area contributed by atoms with Gasteiger partial charge in [0.15, 0.2) is 0 Å². The molecule has 1 aliphatic rings. The van der Waals surface area contributed by atoms with E-state index in [2.05, 4.69) is 24.2 Å². The van der Waals surface area contributed by atoms with Crippen molar-refractivity contribution in [2.24, 2.45) is 5.92 Å². The van der Waals surface area contributed by atoms with Gasteiger partial charge in [0.2, 0.25) is 5.91 Å². The highest BCUT2D eigenvalue weighted by Gasteiger charge is 2.33. The zero-order valence-corrected chi connectivity index (χ0v) is 19.7. The third-order valence-electron chi connectivity index (χ3n) is 6.91. The van der Waals surface area contributed by atoms with Crippen molar-refractivity contribution in [3.63, 3.8) is 0 Å². The Morgan fingerprint density at radius 1 is 1.09 bits per heavy atom. The Balaban J connectivity index is 1.48. The van der Waals surface area contributed by atoms with E-state index in [-0.39, 0.29) is 35.9 Å². The van der Waals surface area contributed by atoms with E-state index in [9.17, 15) is 14.0 Å². The molecule has 0 N–H and O–H groups in total. The van der Waals surface area contributed by atoms with Crippen LogP contribution in [0.4, 0.5) is 4.39 Å². The van der Waals surface area contributed by atoms with E-state index in [0.29, 0.717) is 13.1 Å². The fourth-order valence-electron chi connectivity index (χ4n) is 4.81. The number of amides is 2. The lowest BCUT2D eigenvalue weighted by Gasteiger charge is -2.40. The number of rotatable bonds is 7. The molecule has 178 valence electrons. The van der Waals surface area contributed by atoms with Crippen molar-refractivity contribution in [2.75, 3.05) is 20.1 Å². The first-order valence-corrected chi connectivity index (χ1v) is 11.8. The number of likely N-dealkylation sites (tertiary alicyclic amines) is 1. The number of hydrogen-bond acceptors (Lipinski definition) is 3. The number of aromatic nitrogens is 2. The summed E-state index contributed by atoms with van der Waals surface area (Å²) in [6.07, 6.45) is 5.72. The maximum Gasteiger partial charge on any atom is 0.256 e. The summed E-state index contributed by atoms with van der Waals surface area (Å²) in [6, 6.07) is 16.2. The quantitative estimate of drug-likeness (QED) is 0.534. The minimum absolute atomic E-state index is 0.00474. The van der Waals surface area contributed by atoms with E-state index in [1.54, 1.807) is 40.2 Å². The molecule has 2 amide bonds. The number of carbonyl (C=O) groups is 2. The third-order valence-corrected chi connectivity index (χ3v) is 6.91. The number of nitrogens with zero attached hydrogens (tertiary/aromatic N) is 4. The second-order valence-corrected chi connectivity index (χ2v) is 9.02. The molecule has 0 saturated carbocycles. The molecule has 2 heterocycles. The highest BCUT2D eigenvalue weighted by Crippen LogP contribution is 2.28. The number of likely N-dealkylation sites (N-methyl/N-ethyl adjacent to an activating group) is 1. The first-order valence-electron chi connectivity index (χ1n) is 11.8. The Labute approximate surface area is 200 Å². The van der Waals surface area contributed by atoms with Crippen LogP contribution in [0.3, 0.4) is 0 Å². The Morgan fingerprint density at radius 2 is 1.79 bits per heavy atom. The van der Waals surface area contributed by atoms with Gasteiger partial charge in [0, 0.05) is 38.6 Å². The van der Waals surface area contributed by atoms with Crippen LogP contribution in [0.15, 0.2) is 67.0 Å². The van der Waals surface area contributed by atoms with E-state index >= 15 is 0 Å². The average molecular weight is 463 g/mol. The molecule has 0 radical (unpaired) electrons. The van der Waals surface area contributed by atoms with Crippen LogP contribution in [0.25, 0.3) is 0 Å². The summed E-state index contributed by atoms with van der Waals surface area (Å²) in [7, 11) is 1.87. The van der Waals surface area contributed by atoms with Crippen LogP contribution in [0, 0.1) is 18.7 Å². The van der Waals surface area contributed by atoms with Crippen LogP contribution in [-0.4, -0.2) is 57.6 Å². The Kier molecular flexibility index (Phi) is 7.40. The Hall–Kier alpha value is -3.48. The molecule has 7 heteroatoms. The van der Waals surface area contributed by atoms with Gasteiger partial charge in [-0.15, -0.1) is 0 Å². The molecule has 1 aromatic heterocycles. The summed E-state index contributed by atoms with van der Waals surface area (Å²) in [5, 5.41) is 4.17. The lowest BCUT2D eigenvalue weighted by Crippen LogP contribution is -2.49. The number of halogens is 1. The molecule has 4 rings (SSSR count). The van der Waals surface area contributed by atoms with Gasteiger partial charge < -0.3 is 9.80 Å². The summed E-state index contributed by atoms with van der Waals surface area (Å²) in [5.41, 5.74) is 2.53. The summed E-state index contributed by atoms with van der Waals surface area (Å²) in [5.74, 6) is -0.519. The molecule has 1 atom stereocenters. The molecule has 0 bridgehead atoms. The lowest BCUT2D eigenvalue weighted by atomic mass is 9.84. The van der Waals surface area contributed by atoms with Gasteiger partial charge in [-0.05, 0) is 61.4 Å². The first kappa shape index (κ1) is 23.7. The summed E-state index contributed by atoms with van der Waals surface area (Å²) < 4.78 is 15.8. The van der Waals surface area contributed by atoms with Gasteiger partial charge in [0.05, 0.1) is 5.56 Å². The van der Waals surface area contributed by atoms with Gasteiger partial charge in [0.25, 0.3) is 5.91 Å². The van der Waals surface area contributed by atoms with Crippen LogP contribution in [0.5, 0.6) is 0 Å². The van der Waals surface area contributed by atoms with E-state index in [4.69, 9.17) is 0 Å². The lowest BCUT2D eigenvalue weighted by molar-refractivity contribution is -0.134. The zero-order chi connectivity index (χ0) is 24.1. The molecule has 0 spiro atoms. The predicted octanol–water partition coefficient (Wildman–Crippen LogP) is 3.95. The highest BCUT2D eigenvalue weighted by molar-refractivity contribution is 5.94. The van der Waals surface area contributed by atoms with Gasteiger partial charge in [0.1, 0.15) is 12.4 Å². The Morgan fingerprint density at radius 3 is 2.47 bits per heavy atom. The molecule has 1 aliphatic heterocycles. The van der Waals surface area contributed by atoms with E-state index < -0.39 is 5.82 Å². The zero-order valence-electron chi connectivity index (χ0n) is 19.7. The number of piperidine rings is 1. The maximum absolute atomic E-state index is 14.1. The summed E-state index contributed by atoms with van der Waals surface area (Å²) >= 11 is 0. The molecular formula is C27H31FN4O2. The van der Waals surface area contributed by atoms with Gasteiger partial charge >= 0.3 is 0 Å². The van der Waals surface area contributed by atoms with Crippen molar-refractivity contribution < 1.29 is 14.0 Å². The number of hydrogen-bond donors (Lipinski definition) is 0. The molecular weight excluding hydrogens is 431 g/mol. The minimum Gasteiger partial charge on any atom is -0.341 e. The molecule has 1 unspecified atom stereocenters. The molecule has 0 aliphatic carbocycles. The van der Waals surface area contributed by atoms with Crippen molar-refractivity contribution >= 4 is 11.8 Å². The van der Waals surface area contributed by atoms with Crippen LogP contribution < -0.4 is 0 Å². The fourth-order valence-corrected chi connectivity index (χ4v) is 4.81. The van der Waals surface area contributed by atoms with Crippen LogP contribution in [-0.2, 0) is 17.8 Å². The second-order valence-electron chi connectivity index (χ2n) is 9.02. The average Bonchev–Trinajstić information content (AvgIpc) is 3.36. The van der Waals surface area contributed by atoms with Gasteiger partial charge in [-0.3, -0.25) is 14.3 Å².